The van der Waals surface area contributed by atoms with Crippen LogP contribution < -0.4 is 4.74 Å². The molecular formula is C14H17NO4. The molecule has 0 bridgehead atoms. The lowest BCUT2D eigenvalue weighted by Gasteiger charge is -2.25. The molecule has 1 amide bonds. The quantitative estimate of drug-likeness (QED) is 0.834. The molecule has 0 spiro atoms. The van der Waals surface area contributed by atoms with Crippen LogP contribution in [0, 0.1) is 0 Å². The van der Waals surface area contributed by atoms with Crippen molar-refractivity contribution in [3.05, 3.63) is 29.8 Å². The number of rotatable bonds is 3. The van der Waals surface area contributed by atoms with Gasteiger partial charge in [0.05, 0.1) is 20.3 Å². The van der Waals surface area contributed by atoms with Crippen LogP contribution in [-0.2, 0) is 9.53 Å². The topological polar surface area (TPSA) is 59.0 Å². The number of hydrogen-bond acceptors (Lipinski definition) is 4. The summed E-state index contributed by atoms with van der Waals surface area (Å²) in [7, 11) is 1.49. The number of carbonyl (C=O) groups is 1. The molecule has 1 fully saturated rings. The zero-order valence-electron chi connectivity index (χ0n) is 10.8. The van der Waals surface area contributed by atoms with E-state index >= 15 is 0 Å². The van der Waals surface area contributed by atoms with Gasteiger partial charge in [-0.1, -0.05) is 6.07 Å². The number of carbonyl (C=O) groups excluding carboxylic acids is 1. The van der Waals surface area contributed by atoms with Gasteiger partial charge in [-0.15, -0.1) is 0 Å². The second-order valence-electron chi connectivity index (χ2n) is 4.20. The average molecular weight is 263 g/mol. The number of amides is 1. The van der Waals surface area contributed by atoms with Crippen LogP contribution in [0.2, 0.25) is 0 Å². The number of phenolic OH excluding ortho intramolecular Hbond substituents is 1. The number of aromatic hydroxyl groups is 1. The zero-order valence-corrected chi connectivity index (χ0v) is 10.8. The van der Waals surface area contributed by atoms with Crippen LogP contribution in [0.15, 0.2) is 24.3 Å². The van der Waals surface area contributed by atoms with E-state index in [0.29, 0.717) is 32.1 Å². The Labute approximate surface area is 112 Å². The molecule has 0 saturated carbocycles. The molecule has 5 heteroatoms. The molecule has 0 aliphatic carbocycles. The standard InChI is InChI=1S/C14H17NO4/c1-18-13-10-11(2-4-12(13)16)3-5-14(17)15-6-8-19-9-7-15/h2-5,10,16H,6-9H2,1H3/b5-3+. The van der Waals surface area contributed by atoms with Gasteiger partial charge in [-0.05, 0) is 23.8 Å². The summed E-state index contributed by atoms with van der Waals surface area (Å²) in [5.74, 6) is 0.440. The molecule has 1 N–H and O–H groups in total. The predicted molar refractivity (Wildman–Crippen MR) is 71.1 cm³/mol. The fraction of sp³-hybridized carbons (Fsp3) is 0.357. The minimum absolute atomic E-state index is 0.0321. The smallest absolute Gasteiger partial charge is 0.246 e. The highest BCUT2D eigenvalue weighted by Crippen LogP contribution is 2.26. The monoisotopic (exact) mass is 263 g/mol. The van der Waals surface area contributed by atoms with Crippen LogP contribution in [0.1, 0.15) is 5.56 Å². The minimum atomic E-state index is -0.0321. The number of nitrogens with zero attached hydrogens (tertiary/aromatic N) is 1. The van der Waals surface area contributed by atoms with Gasteiger partial charge in [-0.2, -0.15) is 0 Å². The molecule has 0 atom stereocenters. The number of benzene rings is 1. The molecule has 1 aromatic rings. The highest BCUT2D eigenvalue weighted by Gasteiger charge is 2.13. The number of ether oxygens (including phenoxy) is 2. The van der Waals surface area contributed by atoms with Crippen LogP contribution in [0.25, 0.3) is 6.08 Å². The van der Waals surface area contributed by atoms with E-state index in [4.69, 9.17) is 9.47 Å². The first-order valence-electron chi connectivity index (χ1n) is 6.12. The number of hydrogen-bond donors (Lipinski definition) is 1. The third-order valence-electron chi connectivity index (χ3n) is 2.94. The molecule has 2 rings (SSSR count). The van der Waals surface area contributed by atoms with Crippen LogP contribution >= 0.6 is 0 Å². The van der Waals surface area contributed by atoms with Gasteiger partial charge >= 0.3 is 0 Å². The fourth-order valence-corrected chi connectivity index (χ4v) is 1.85. The first-order chi connectivity index (χ1) is 9.20. The van der Waals surface area contributed by atoms with Crippen molar-refractivity contribution in [2.45, 2.75) is 0 Å². The Morgan fingerprint density at radius 2 is 2.16 bits per heavy atom. The van der Waals surface area contributed by atoms with Crippen LogP contribution in [0.5, 0.6) is 11.5 Å². The van der Waals surface area contributed by atoms with Gasteiger partial charge in [-0.25, -0.2) is 0 Å². The molecule has 1 aliphatic heterocycles. The number of morpholine rings is 1. The molecule has 19 heavy (non-hydrogen) atoms. The Hall–Kier alpha value is -2.01. The maximum Gasteiger partial charge on any atom is 0.246 e. The van der Waals surface area contributed by atoms with Crippen molar-refractivity contribution in [1.29, 1.82) is 0 Å². The molecule has 102 valence electrons. The Balaban J connectivity index is 2.03. The molecular weight excluding hydrogens is 246 g/mol. The summed E-state index contributed by atoms with van der Waals surface area (Å²) >= 11 is 0. The molecule has 0 unspecified atom stereocenters. The Bertz CT molecular complexity index is 478. The number of phenols is 1. The van der Waals surface area contributed by atoms with Crippen molar-refractivity contribution in [1.82, 2.24) is 4.90 Å². The Morgan fingerprint density at radius 3 is 2.84 bits per heavy atom. The SMILES string of the molecule is COc1cc(/C=C/C(=O)N2CCOCC2)ccc1O. The van der Waals surface area contributed by atoms with Gasteiger partial charge in [0.15, 0.2) is 11.5 Å². The van der Waals surface area contributed by atoms with E-state index in [1.54, 1.807) is 23.1 Å². The van der Waals surface area contributed by atoms with Crippen molar-refractivity contribution in [2.24, 2.45) is 0 Å². The third-order valence-corrected chi connectivity index (χ3v) is 2.94. The maximum atomic E-state index is 11.9. The molecule has 0 aromatic heterocycles. The minimum Gasteiger partial charge on any atom is -0.504 e. The molecule has 1 heterocycles. The van der Waals surface area contributed by atoms with Crippen LogP contribution in [0.3, 0.4) is 0 Å². The first-order valence-corrected chi connectivity index (χ1v) is 6.12. The van der Waals surface area contributed by atoms with Gasteiger partial charge in [0, 0.05) is 19.2 Å². The van der Waals surface area contributed by atoms with Gasteiger partial charge < -0.3 is 19.5 Å². The second-order valence-corrected chi connectivity index (χ2v) is 4.20. The van der Waals surface area contributed by atoms with Crippen molar-refractivity contribution >= 4 is 12.0 Å². The second kappa shape index (κ2) is 6.24. The highest BCUT2D eigenvalue weighted by atomic mass is 16.5. The summed E-state index contributed by atoms with van der Waals surface area (Å²) in [6.07, 6.45) is 3.23. The Morgan fingerprint density at radius 1 is 1.42 bits per heavy atom. The summed E-state index contributed by atoms with van der Waals surface area (Å²) in [5.41, 5.74) is 0.802. The summed E-state index contributed by atoms with van der Waals surface area (Å²) in [6, 6.07) is 4.94. The van der Waals surface area contributed by atoms with Crippen LogP contribution in [-0.4, -0.2) is 49.3 Å². The third kappa shape index (κ3) is 3.48. The van der Waals surface area contributed by atoms with E-state index < -0.39 is 0 Å². The van der Waals surface area contributed by atoms with E-state index in [2.05, 4.69) is 0 Å². The highest BCUT2D eigenvalue weighted by molar-refractivity contribution is 5.91. The van der Waals surface area contributed by atoms with Gasteiger partial charge in [0.25, 0.3) is 0 Å². The van der Waals surface area contributed by atoms with Crippen LogP contribution in [0.4, 0.5) is 0 Å². The Kier molecular flexibility index (Phi) is 4.41. The van der Waals surface area contributed by atoms with E-state index in [9.17, 15) is 9.90 Å². The largest absolute Gasteiger partial charge is 0.504 e. The molecule has 1 aromatic carbocycles. The zero-order chi connectivity index (χ0) is 13.7. The lowest BCUT2D eigenvalue weighted by atomic mass is 10.2. The summed E-state index contributed by atoms with van der Waals surface area (Å²) in [6.45, 7) is 2.43. The number of methoxy groups -OCH3 is 1. The lowest BCUT2D eigenvalue weighted by molar-refractivity contribution is -0.129. The van der Waals surface area contributed by atoms with Crippen molar-refractivity contribution < 1.29 is 19.4 Å². The maximum absolute atomic E-state index is 11.9. The van der Waals surface area contributed by atoms with Crippen molar-refractivity contribution in [2.75, 3.05) is 33.4 Å². The van der Waals surface area contributed by atoms with Gasteiger partial charge in [0.1, 0.15) is 0 Å². The van der Waals surface area contributed by atoms with Crippen molar-refractivity contribution in [3.63, 3.8) is 0 Å². The molecule has 5 nitrogen and oxygen atoms in total. The average Bonchev–Trinajstić information content (AvgIpc) is 2.47. The summed E-state index contributed by atoms with van der Waals surface area (Å²) in [4.78, 5) is 13.6. The van der Waals surface area contributed by atoms with E-state index in [-0.39, 0.29) is 11.7 Å². The lowest BCUT2D eigenvalue weighted by Crippen LogP contribution is -2.39. The van der Waals surface area contributed by atoms with E-state index in [0.717, 1.165) is 5.56 Å². The van der Waals surface area contributed by atoms with Crippen molar-refractivity contribution in [3.8, 4) is 11.5 Å². The fourth-order valence-electron chi connectivity index (χ4n) is 1.85. The first kappa shape index (κ1) is 13.4. The summed E-state index contributed by atoms with van der Waals surface area (Å²) in [5, 5.41) is 9.48. The normalized spacial score (nSPS) is 15.7. The van der Waals surface area contributed by atoms with Gasteiger partial charge in [0.2, 0.25) is 5.91 Å². The molecule has 1 saturated heterocycles. The molecule has 1 aliphatic rings. The summed E-state index contributed by atoms with van der Waals surface area (Å²) < 4.78 is 10.2. The van der Waals surface area contributed by atoms with E-state index in [1.165, 1.54) is 19.3 Å². The van der Waals surface area contributed by atoms with E-state index in [1.807, 2.05) is 0 Å². The predicted octanol–water partition coefficient (Wildman–Crippen LogP) is 1.27. The molecule has 0 radical (unpaired) electrons. The van der Waals surface area contributed by atoms with Gasteiger partial charge in [-0.3, -0.25) is 4.79 Å².